The second-order valence-electron chi connectivity index (χ2n) is 7.44. The lowest BCUT2D eigenvalue weighted by Gasteiger charge is -2.36. The van der Waals surface area contributed by atoms with Gasteiger partial charge in [-0.05, 0) is 12.1 Å². The van der Waals surface area contributed by atoms with E-state index >= 15 is 0 Å². The lowest BCUT2D eigenvalue weighted by molar-refractivity contribution is -0.677. The van der Waals surface area contributed by atoms with E-state index in [4.69, 9.17) is 0 Å². The van der Waals surface area contributed by atoms with E-state index in [1.165, 1.54) is 16.8 Å². The zero-order chi connectivity index (χ0) is 19.9. The summed E-state index contributed by atoms with van der Waals surface area (Å²) >= 11 is 0. The number of quaternary nitrogens is 1. The lowest BCUT2D eigenvalue weighted by Crippen LogP contribution is -2.88. The largest absolute Gasteiger partial charge is 0.368 e. The van der Waals surface area contributed by atoms with Gasteiger partial charge in [0.05, 0.1) is 0 Å². The molecule has 4 rings (SSSR count). The van der Waals surface area contributed by atoms with E-state index in [0.29, 0.717) is 6.54 Å². The molecule has 3 aromatic carbocycles. The van der Waals surface area contributed by atoms with E-state index in [-0.39, 0.29) is 11.9 Å². The van der Waals surface area contributed by atoms with E-state index < -0.39 is 0 Å². The van der Waals surface area contributed by atoms with Gasteiger partial charge in [0, 0.05) is 43.0 Å². The lowest BCUT2D eigenvalue weighted by atomic mass is 9.99. The fourth-order valence-corrected chi connectivity index (χ4v) is 3.99. The van der Waals surface area contributed by atoms with Gasteiger partial charge in [0.25, 0.3) is 5.91 Å². The Hall–Kier alpha value is -3.11. The molecule has 0 bridgehead atoms. The van der Waals surface area contributed by atoms with Gasteiger partial charge in [0.15, 0.2) is 6.54 Å². The third-order valence-corrected chi connectivity index (χ3v) is 5.60. The first-order valence-electron chi connectivity index (χ1n) is 10.3. The Kier molecular flexibility index (Phi) is 6.22. The van der Waals surface area contributed by atoms with Gasteiger partial charge < -0.3 is 15.1 Å². The maximum Gasteiger partial charge on any atom is 0.277 e. The van der Waals surface area contributed by atoms with Gasteiger partial charge in [-0.3, -0.25) is 4.79 Å². The molecule has 0 aliphatic carbocycles. The standard InChI is InChI=1S/C25H27N3O/c29-24(28-18-16-27(17-19-28)23-14-8-3-9-15-23)20-26-25(21-10-4-1-5-11-21)22-12-6-2-7-13-22/h1-15,25-26H,16-20H2/p+1. The molecule has 0 spiro atoms. The quantitative estimate of drug-likeness (QED) is 0.708. The van der Waals surface area contributed by atoms with Crippen molar-refractivity contribution in [3.05, 3.63) is 102 Å². The molecule has 1 aliphatic rings. The molecule has 0 unspecified atom stereocenters. The van der Waals surface area contributed by atoms with E-state index in [2.05, 4.69) is 83.0 Å². The second kappa shape index (κ2) is 9.39. The van der Waals surface area contributed by atoms with Crippen LogP contribution in [0.25, 0.3) is 0 Å². The molecule has 4 nitrogen and oxygen atoms in total. The molecule has 1 saturated heterocycles. The van der Waals surface area contributed by atoms with Crippen LogP contribution in [0.2, 0.25) is 0 Å². The first-order valence-corrected chi connectivity index (χ1v) is 10.3. The van der Waals surface area contributed by atoms with Crippen LogP contribution < -0.4 is 10.2 Å². The first kappa shape index (κ1) is 19.2. The summed E-state index contributed by atoms with van der Waals surface area (Å²) in [6, 6.07) is 31.4. The van der Waals surface area contributed by atoms with Crippen LogP contribution in [0.15, 0.2) is 91.0 Å². The summed E-state index contributed by atoms with van der Waals surface area (Å²) in [6.07, 6.45) is 0. The van der Waals surface area contributed by atoms with E-state index in [1.54, 1.807) is 0 Å². The SMILES string of the molecule is O=C(C[NH2+]C(c1ccccc1)c1ccccc1)N1CCN(c2ccccc2)CC1. The van der Waals surface area contributed by atoms with Gasteiger partial charge in [0.2, 0.25) is 0 Å². The zero-order valence-electron chi connectivity index (χ0n) is 16.7. The maximum absolute atomic E-state index is 12.9. The van der Waals surface area contributed by atoms with Crippen molar-refractivity contribution in [2.75, 3.05) is 37.6 Å². The Morgan fingerprint density at radius 1 is 0.724 bits per heavy atom. The average molecular weight is 387 g/mol. The monoisotopic (exact) mass is 386 g/mol. The second-order valence-corrected chi connectivity index (χ2v) is 7.44. The van der Waals surface area contributed by atoms with Crippen molar-refractivity contribution in [3.63, 3.8) is 0 Å². The number of carbonyl (C=O) groups is 1. The summed E-state index contributed by atoms with van der Waals surface area (Å²) in [5.41, 5.74) is 3.68. The Morgan fingerprint density at radius 2 is 1.21 bits per heavy atom. The van der Waals surface area contributed by atoms with Crippen molar-refractivity contribution in [2.45, 2.75) is 6.04 Å². The molecule has 29 heavy (non-hydrogen) atoms. The summed E-state index contributed by atoms with van der Waals surface area (Å²) in [7, 11) is 0. The van der Waals surface area contributed by atoms with Crippen LogP contribution in [0.3, 0.4) is 0 Å². The number of nitrogens with two attached hydrogens (primary N) is 1. The Balaban J connectivity index is 1.36. The summed E-state index contributed by atoms with van der Waals surface area (Å²) in [4.78, 5) is 17.2. The molecule has 1 aliphatic heterocycles. The number of nitrogens with zero attached hydrogens (tertiary/aromatic N) is 2. The van der Waals surface area contributed by atoms with Crippen LogP contribution in [-0.4, -0.2) is 43.5 Å². The van der Waals surface area contributed by atoms with Crippen LogP contribution in [-0.2, 0) is 4.79 Å². The molecule has 0 atom stereocenters. The molecule has 4 heteroatoms. The highest BCUT2D eigenvalue weighted by atomic mass is 16.2. The maximum atomic E-state index is 12.9. The topological polar surface area (TPSA) is 40.2 Å². The van der Waals surface area contributed by atoms with Gasteiger partial charge in [-0.15, -0.1) is 0 Å². The normalized spacial score (nSPS) is 14.2. The van der Waals surface area contributed by atoms with Crippen LogP contribution in [0, 0.1) is 0 Å². The molecule has 1 amide bonds. The molecule has 0 radical (unpaired) electrons. The predicted molar refractivity (Wildman–Crippen MR) is 117 cm³/mol. The molecule has 0 aromatic heterocycles. The molecule has 3 aromatic rings. The first-order chi connectivity index (χ1) is 14.3. The molecule has 1 fully saturated rings. The summed E-state index contributed by atoms with van der Waals surface area (Å²) in [6.45, 7) is 3.79. The number of amides is 1. The van der Waals surface area contributed by atoms with E-state index in [0.717, 1.165) is 26.2 Å². The molecule has 1 heterocycles. The van der Waals surface area contributed by atoms with Gasteiger partial charge in [-0.25, -0.2) is 0 Å². The summed E-state index contributed by atoms with van der Waals surface area (Å²) in [5, 5.41) is 2.16. The summed E-state index contributed by atoms with van der Waals surface area (Å²) < 4.78 is 0. The van der Waals surface area contributed by atoms with Crippen molar-refractivity contribution >= 4 is 11.6 Å². The highest BCUT2D eigenvalue weighted by molar-refractivity contribution is 5.77. The minimum absolute atomic E-state index is 0.131. The minimum atomic E-state index is 0.131. The average Bonchev–Trinajstić information content (AvgIpc) is 2.81. The number of piperazine rings is 1. The number of hydrogen-bond donors (Lipinski definition) is 1. The van der Waals surface area contributed by atoms with Crippen molar-refractivity contribution in [2.24, 2.45) is 0 Å². The van der Waals surface area contributed by atoms with E-state index in [9.17, 15) is 4.79 Å². The zero-order valence-corrected chi connectivity index (χ0v) is 16.7. The number of rotatable bonds is 6. The van der Waals surface area contributed by atoms with Crippen molar-refractivity contribution < 1.29 is 10.1 Å². The van der Waals surface area contributed by atoms with Crippen LogP contribution >= 0.6 is 0 Å². The number of hydrogen-bond acceptors (Lipinski definition) is 2. The van der Waals surface area contributed by atoms with Crippen LogP contribution in [0.1, 0.15) is 17.2 Å². The molecular weight excluding hydrogens is 358 g/mol. The summed E-state index contributed by atoms with van der Waals surface area (Å²) in [5.74, 6) is 0.217. The molecular formula is C25H28N3O+. The third kappa shape index (κ3) is 4.84. The smallest absolute Gasteiger partial charge is 0.277 e. The number of benzene rings is 3. The Morgan fingerprint density at radius 3 is 1.72 bits per heavy atom. The fraction of sp³-hybridized carbons (Fsp3) is 0.240. The van der Waals surface area contributed by atoms with Crippen LogP contribution in [0.5, 0.6) is 0 Å². The van der Waals surface area contributed by atoms with Gasteiger partial charge >= 0.3 is 0 Å². The number of para-hydroxylation sites is 1. The molecule has 2 N–H and O–H groups in total. The van der Waals surface area contributed by atoms with Crippen molar-refractivity contribution in [1.29, 1.82) is 0 Å². The Bertz CT molecular complexity index is 852. The van der Waals surface area contributed by atoms with Crippen molar-refractivity contribution in [3.8, 4) is 0 Å². The van der Waals surface area contributed by atoms with Gasteiger partial charge in [-0.1, -0.05) is 78.9 Å². The van der Waals surface area contributed by atoms with Crippen molar-refractivity contribution in [1.82, 2.24) is 4.90 Å². The Labute approximate surface area is 172 Å². The highest BCUT2D eigenvalue weighted by Gasteiger charge is 2.24. The third-order valence-electron chi connectivity index (χ3n) is 5.60. The highest BCUT2D eigenvalue weighted by Crippen LogP contribution is 2.18. The van der Waals surface area contributed by atoms with Gasteiger partial charge in [0.1, 0.15) is 6.04 Å². The number of anilines is 1. The molecule has 148 valence electrons. The van der Waals surface area contributed by atoms with E-state index in [1.807, 2.05) is 23.1 Å². The fourth-order valence-electron chi connectivity index (χ4n) is 3.99. The predicted octanol–water partition coefficient (Wildman–Crippen LogP) is 2.69. The van der Waals surface area contributed by atoms with Gasteiger partial charge in [-0.2, -0.15) is 0 Å². The number of carbonyl (C=O) groups excluding carboxylic acids is 1. The molecule has 0 saturated carbocycles. The minimum Gasteiger partial charge on any atom is -0.368 e. The van der Waals surface area contributed by atoms with Crippen LogP contribution in [0.4, 0.5) is 5.69 Å².